The number of Topliss-reactive ketones (excluding diaryl/α,β-unsaturated/α-hetero) is 1. The molecule has 0 aliphatic carbocycles. The molecular formula is C12H14O2. The van der Waals surface area contributed by atoms with Crippen molar-refractivity contribution in [1.29, 1.82) is 0 Å². The zero-order valence-corrected chi connectivity index (χ0v) is 8.54. The van der Waals surface area contributed by atoms with E-state index in [1.165, 1.54) is 0 Å². The summed E-state index contributed by atoms with van der Waals surface area (Å²) >= 11 is 0. The number of methoxy groups -OCH3 is 1. The van der Waals surface area contributed by atoms with Gasteiger partial charge in [-0.3, -0.25) is 4.79 Å². The number of allylic oxidation sites excluding steroid dienone is 1. The second-order valence-electron chi connectivity index (χ2n) is 3.04. The van der Waals surface area contributed by atoms with Crippen molar-refractivity contribution in [2.75, 3.05) is 7.11 Å². The molecule has 0 amide bonds. The number of ether oxygens (including phenoxy) is 1. The van der Waals surface area contributed by atoms with Crippen LogP contribution in [0.1, 0.15) is 22.8 Å². The molecule has 0 heterocycles. The lowest BCUT2D eigenvalue weighted by atomic mass is 10.0. The van der Waals surface area contributed by atoms with E-state index in [1.807, 2.05) is 18.2 Å². The van der Waals surface area contributed by atoms with Crippen molar-refractivity contribution in [2.24, 2.45) is 0 Å². The van der Waals surface area contributed by atoms with Crippen LogP contribution in [0.5, 0.6) is 5.75 Å². The Morgan fingerprint density at radius 3 is 2.79 bits per heavy atom. The molecule has 1 rings (SSSR count). The summed E-state index contributed by atoms with van der Waals surface area (Å²) in [6, 6.07) is 5.48. The van der Waals surface area contributed by atoms with Gasteiger partial charge in [-0.05, 0) is 19.4 Å². The van der Waals surface area contributed by atoms with E-state index in [2.05, 4.69) is 6.58 Å². The third-order valence-electron chi connectivity index (χ3n) is 2.08. The van der Waals surface area contributed by atoms with Crippen LogP contribution in [0.15, 0.2) is 30.9 Å². The van der Waals surface area contributed by atoms with E-state index in [9.17, 15) is 4.79 Å². The lowest BCUT2D eigenvalue weighted by Crippen LogP contribution is -2.01. The van der Waals surface area contributed by atoms with Crippen LogP contribution < -0.4 is 4.74 Å². The molecule has 0 saturated carbocycles. The summed E-state index contributed by atoms with van der Waals surface area (Å²) in [5.74, 6) is 0.804. The number of rotatable bonds is 4. The van der Waals surface area contributed by atoms with E-state index < -0.39 is 0 Å². The van der Waals surface area contributed by atoms with E-state index in [1.54, 1.807) is 20.1 Å². The van der Waals surface area contributed by atoms with Gasteiger partial charge in [0.05, 0.1) is 7.11 Å². The van der Waals surface area contributed by atoms with E-state index in [0.29, 0.717) is 12.0 Å². The van der Waals surface area contributed by atoms with Crippen molar-refractivity contribution in [3.63, 3.8) is 0 Å². The third-order valence-corrected chi connectivity index (χ3v) is 2.08. The van der Waals surface area contributed by atoms with Gasteiger partial charge in [-0.25, -0.2) is 0 Å². The van der Waals surface area contributed by atoms with Crippen LogP contribution in [-0.4, -0.2) is 12.9 Å². The van der Waals surface area contributed by atoms with Crippen LogP contribution in [0.25, 0.3) is 0 Å². The van der Waals surface area contributed by atoms with E-state index in [0.717, 1.165) is 11.3 Å². The summed E-state index contributed by atoms with van der Waals surface area (Å²) in [7, 11) is 1.60. The molecule has 74 valence electrons. The molecule has 2 nitrogen and oxygen atoms in total. The van der Waals surface area contributed by atoms with Crippen molar-refractivity contribution in [3.05, 3.63) is 42.0 Å². The first kappa shape index (κ1) is 10.5. The van der Waals surface area contributed by atoms with Crippen molar-refractivity contribution in [2.45, 2.75) is 13.3 Å². The monoisotopic (exact) mass is 190 g/mol. The summed E-state index contributed by atoms with van der Waals surface area (Å²) in [6.45, 7) is 5.22. The van der Waals surface area contributed by atoms with E-state index in [-0.39, 0.29) is 5.78 Å². The molecular weight excluding hydrogens is 176 g/mol. The van der Waals surface area contributed by atoms with Gasteiger partial charge in [-0.15, -0.1) is 6.58 Å². The first-order chi connectivity index (χ1) is 6.70. The first-order valence-electron chi connectivity index (χ1n) is 4.48. The maximum atomic E-state index is 11.3. The summed E-state index contributed by atoms with van der Waals surface area (Å²) < 4.78 is 5.19. The average molecular weight is 190 g/mol. The molecule has 0 atom stereocenters. The molecule has 0 spiro atoms. The minimum atomic E-state index is 0.0563. The lowest BCUT2D eigenvalue weighted by Gasteiger charge is -2.09. The zero-order chi connectivity index (χ0) is 10.6. The fraction of sp³-hybridized carbons (Fsp3) is 0.250. The largest absolute Gasteiger partial charge is 0.496 e. The van der Waals surface area contributed by atoms with Gasteiger partial charge >= 0.3 is 0 Å². The van der Waals surface area contributed by atoms with Crippen molar-refractivity contribution < 1.29 is 9.53 Å². The Labute approximate surface area is 84.2 Å². The number of hydrogen-bond donors (Lipinski definition) is 0. The maximum Gasteiger partial charge on any atom is 0.160 e. The highest BCUT2D eigenvalue weighted by Gasteiger charge is 2.10. The summed E-state index contributed by atoms with van der Waals surface area (Å²) in [5, 5.41) is 0. The standard InChI is InChI=1S/C12H14O2/c1-4-6-11-10(9(2)13)7-5-8-12(11)14-3/h4-5,7-8H,1,6H2,2-3H3. The highest BCUT2D eigenvalue weighted by molar-refractivity contribution is 5.96. The topological polar surface area (TPSA) is 26.3 Å². The molecule has 0 unspecified atom stereocenters. The molecule has 0 aromatic heterocycles. The second-order valence-corrected chi connectivity index (χ2v) is 3.04. The summed E-state index contributed by atoms with van der Waals surface area (Å²) in [5.41, 5.74) is 1.63. The molecule has 0 bridgehead atoms. The number of benzene rings is 1. The Hall–Kier alpha value is -1.57. The molecule has 14 heavy (non-hydrogen) atoms. The SMILES string of the molecule is C=CCc1c(OC)cccc1C(C)=O. The minimum Gasteiger partial charge on any atom is -0.496 e. The smallest absolute Gasteiger partial charge is 0.160 e. The van der Waals surface area contributed by atoms with Crippen LogP contribution in [-0.2, 0) is 6.42 Å². The van der Waals surface area contributed by atoms with Crippen LogP contribution in [0.3, 0.4) is 0 Å². The predicted octanol–water partition coefficient (Wildman–Crippen LogP) is 2.63. The lowest BCUT2D eigenvalue weighted by molar-refractivity contribution is 0.101. The number of ketones is 1. The molecule has 1 aromatic rings. The average Bonchev–Trinajstić information content (AvgIpc) is 2.18. The molecule has 0 fully saturated rings. The molecule has 0 radical (unpaired) electrons. The maximum absolute atomic E-state index is 11.3. The second kappa shape index (κ2) is 4.61. The van der Waals surface area contributed by atoms with Crippen molar-refractivity contribution >= 4 is 5.78 Å². The zero-order valence-electron chi connectivity index (χ0n) is 8.54. The van der Waals surface area contributed by atoms with E-state index in [4.69, 9.17) is 4.74 Å². The first-order valence-corrected chi connectivity index (χ1v) is 4.48. The van der Waals surface area contributed by atoms with Gasteiger partial charge in [-0.1, -0.05) is 18.2 Å². The molecule has 0 saturated heterocycles. The third kappa shape index (κ3) is 2.02. The van der Waals surface area contributed by atoms with Crippen molar-refractivity contribution in [1.82, 2.24) is 0 Å². The Morgan fingerprint density at radius 2 is 2.29 bits per heavy atom. The van der Waals surface area contributed by atoms with Gasteiger partial charge in [0.25, 0.3) is 0 Å². The van der Waals surface area contributed by atoms with Crippen molar-refractivity contribution in [3.8, 4) is 5.75 Å². The van der Waals surface area contributed by atoms with Gasteiger partial charge in [-0.2, -0.15) is 0 Å². The van der Waals surface area contributed by atoms with Gasteiger partial charge < -0.3 is 4.74 Å². The summed E-state index contributed by atoms with van der Waals surface area (Å²) in [4.78, 5) is 11.3. The Bertz CT molecular complexity index is 353. The fourth-order valence-electron chi connectivity index (χ4n) is 1.44. The number of carbonyl (C=O) groups excluding carboxylic acids is 1. The molecule has 0 aliphatic heterocycles. The molecule has 1 aromatic carbocycles. The quantitative estimate of drug-likeness (QED) is 0.539. The highest BCUT2D eigenvalue weighted by atomic mass is 16.5. The summed E-state index contributed by atoms with van der Waals surface area (Å²) in [6.07, 6.45) is 2.42. The normalized spacial score (nSPS) is 9.57. The fourth-order valence-corrected chi connectivity index (χ4v) is 1.44. The van der Waals surface area contributed by atoms with Crippen LogP contribution >= 0.6 is 0 Å². The molecule has 0 N–H and O–H groups in total. The van der Waals surface area contributed by atoms with Gasteiger partial charge in [0.1, 0.15) is 5.75 Å². The molecule has 2 heteroatoms. The van der Waals surface area contributed by atoms with Crippen LogP contribution in [0, 0.1) is 0 Å². The van der Waals surface area contributed by atoms with Crippen LogP contribution in [0.4, 0.5) is 0 Å². The van der Waals surface area contributed by atoms with E-state index >= 15 is 0 Å². The highest BCUT2D eigenvalue weighted by Crippen LogP contribution is 2.23. The number of carbonyl (C=O) groups is 1. The van der Waals surface area contributed by atoms with Crippen LogP contribution in [0.2, 0.25) is 0 Å². The minimum absolute atomic E-state index is 0.0563. The van der Waals surface area contributed by atoms with Gasteiger partial charge in [0.2, 0.25) is 0 Å². The van der Waals surface area contributed by atoms with Gasteiger partial charge in [0.15, 0.2) is 5.78 Å². The number of hydrogen-bond acceptors (Lipinski definition) is 2. The Morgan fingerprint density at radius 1 is 1.57 bits per heavy atom. The van der Waals surface area contributed by atoms with Gasteiger partial charge in [0, 0.05) is 11.1 Å². The Kier molecular flexibility index (Phi) is 3.46. The Balaban J connectivity index is 3.27. The predicted molar refractivity (Wildman–Crippen MR) is 56.9 cm³/mol. The molecule has 0 aliphatic rings.